The third-order valence-corrected chi connectivity index (χ3v) is 4.61. The fraction of sp³-hybridized carbons (Fsp3) is 0.600. The van der Waals surface area contributed by atoms with E-state index in [-0.39, 0.29) is 24.1 Å². The summed E-state index contributed by atoms with van der Waals surface area (Å²) in [6.45, 7) is 0.0185. The standard InChI is InChI=1S/C10H16N4O3S/c11-10(15)6-14-5-9(4-12-14)13-8-2-1-3-18(16,17)7-8/h4-5,8,13H,1-3,6-7H2,(H2,11,15). The highest BCUT2D eigenvalue weighted by Crippen LogP contribution is 2.16. The predicted molar refractivity (Wildman–Crippen MR) is 66.7 cm³/mol. The number of carbonyl (C=O) groups is 1. The fourth-order valence-electron chi connectivity index (χ4n) is 2.06. The number of amides is 1. The number of anilines is 1. The summed E-state index contributed by atoms with van der Waals surface area (Å²) in [5.41, 5.74) is 5.76. The van der Waals surface area contributed by atoms with Gasteiger partial charge >= 0.3 is 0 Å². The number of carbonyl (C=O) groups excluding carboxylic acids is 1. The number of rotatable bonds is 4. The van der Waals surface area contributed by atoms with Crippen LogP contribution >= 0.6 is 0 Å². The summed E-state index contributed by atoms with van der Waals surface area (Å²) in [6, 6.07) is -0.0880. The van der Waals surface area contributed by atoms with E-state index in [1.54, 1.807) is 12.4 Å². The second-order valence-corrected chi connectivity index (χ2v) is 6.72. The van der Waals surface area contributed by atoms with E-state index >= 15 is 0 Å². The summed E-state index contributed by atoms with van der Waals surface area (Å²) in [5.74, 6) is -0.0509. The molecule has 1 aromatic heterocycles. The topological polar surface area (TPSA) is 107 Å². The molecule has 7 nitrogen and oxygen atoms in total. The molecule has 1 amide bonds. The van der Waals surface area contributed by atoms with Crippen LogP contribution in [0.3, 0.4) is 0 Å². The van der Waals surface area contributed by atoms with Crippen molar-refractivity contribution in [2.75, 3.05) is 16.8 Å². The smallest absolute Gasteiger partial charge is 0.239 e. The molecule has 2 rings (SSSR count). The van der Waals surface area contributed by atoms with Gasteiger partial charge in [0.25, 0.3) is 0 Å². The van der Waals surface area contributed by atoms with Crippen LogP contribution in [0.1, 0.15) is 12.8 Å². The van der Waals surface area contributed by atoms with Crippen LogP contribution in [-0.2, 0) is 21.2 Å². The highest BCUT2D eigenvalue weighted by Gasteiger charge is 2.24. The molecule has 1 aliphatic rings. The minimum atomic E-state index is -2.93. The fourth-order valence-corrected chi connectivity index (χ4v) is 3.69. The molecule has 18 heavy (non-hydrogen) atoms. The maximum Gasteiger partial charge on any atom is 0.239 e. The predicted octanol–water partition coefficient (Wildman–Crippen LogP) is -0.642. The summed E-state index contributed by atoms with van der Waals surface area (Å²) in [5, 5.41) is 7.08. The van der Waals surface area contributed by atoms with Crippen molar-refractivity contribution in [2.24, 2.45) is 5.73 Å². The first-order valence-corrected chi connectivity index (χ1v) is 7.54. The molecular weight excluding hydrogens is 256 g/mol. The molecule has 1 saturated heterocycles. The molecule has 0 aromatic carbocycles. The Hall–Kier alpha value is -1.57. The van der Waals surface area contributed by atoms with Crippen LogP contribution < -0.4 is 11.1 Å². The summed E-state index contributed by atoms with van der Waals surface area (Å²) in [6.07, 6.45) is 4.70. The molecule has 2 heterocycles. The second kappa shape index (κ2) is 4.97. The van der Waals surface area contributed by atoms with Crippen molar-refractivity contribution in [1.82, 2.24) is 9.78 Å². The number of hydrogen-bond donors (Lipinski definition) is 2. The Balaban J connectivity index is 1.97. The molecule has 0 aliphatic carbocycles. The minimum absolute atomic E-state index is 0.0185. The molecule has 100 valence electrons. The number of nitrogens with two attached hydrogens (primary N) is 1. The van der Waals surface area contributed by atoms with Crippen LogP contribution in [0.5, 0.6) is 0 Å². The van der Waals surface area contributed by atoms with Crippen LogP contribution in [-0.4, -0.2) is 41.7 Å². The second-order valence-electron chi connectivity index (χ2n) is 4.49. The molecular formula is C10H16N4O3S. The van der Waals surface area contributed by atoms with Gasteiger partial charge in [0.05, 0.1) is 23.4 Å². The van der Waals surface area contributed by atoms with Gasteiger partial charge < -0.3 is 11.1 Å². The van der Waals surface area contributed by atoms with E-state index < -0.39 is 15.7 Å². The maximum absolute atomic E-state index is 11.5. The number of nitrogens with zero attached hydrogens (tertiary/aromatic N) is 2. The number of hydrogen-bond acceptors (Lipinski definition) is 5. The van der Waals surface area contributed by atoms with Crippen LogP contribution in [0.15, 0.2) is 12.4 Å². The van der Waals surface area contributed by atoms with E-state index in [9.17, 15) is 13.2 Å². The van der Waals surface area contributed by atoms with Crippen LogP contribution in [0.4, 0.5) is 5.69 Å². The Morgan fingerprint density at radius 1 is 1.61 bits per heavy atom. The minimum Gasteiger partial charge on any atom is -0.379 e. The highest BCUT2D eigenvalue weighted by atomic mass is 32.2. The van der Waals surface area contributed by atoms with Gasteiger partial charge in [0.15, 0.2) is 9.84 Å². The molecule has 1 unspecified atom stereocenters. The Morgan fingerprint density at radius 3 is 3.06 bits per heavy atom. The van der Waals surface area contributed by atoms with Crippen LogP contribution in [0.25, 0.3) is 0 Å². The lowest BCUT2D eigenvalue weighted by Gasteiger charge is -2.23. The first-order chi connectivity index (χ1) is 8.44. The van der Waals surface area contributed by atoms with E-state index in [2.05, 4.69) is 10.4 Å². The van der Waals surface area contributed by atoms with Crippen molar-refractivity contribution in [3.63, 3.8) is 0 Å². The van der Waals surface area contributed by atoms with Gasteiger partial charge in [-0.15, -0.1) is 0 Å². The van der Waals surface area contributed by atoms with Gasteiger partial charge in [0.1, 0.15) is 6.54 Å². The quantitative estimate of drug-likeness (QED) is 0.758. The molecule has 8 heteroatoms. The zero-order valence-corrected chi connectivity index (χ0v) is 10.7. The van der Waals surface area contributed by atoms with Crippen LogP contribution in [0, 0.1) is 0 Å². The molecule has 1 atom stereocenters. The van der Waals surface area contributed by atoms with E-state index in [0.717, 1.165) is 6.42 Å². The van der Waals surface area contributed by atoms with Gasteiger partial charge in [-0.05, 0) is 12.8 Å². The van der Waals surface area contributed by atoms with Gasteiger partial charge in [0.2, 0.25) is 5.91 Å². The van der Waals surface area contributed by atoms with Crippen molar-refractivity contribution in [1.29, 1.82) is 0 Å². The summed E-state index contributed by atoms with van der Waals surface area (Å²) in [7, 11) is -2.93. The Bertz CT molecular complexity index is 537. The lowest BCUT2D eigenvalue weighted by atomic mass is 10.2. The number of nitrogens with one attached hydrogen (secondary N) is 1. The van der Waals surface area contributed by atoms with Gasteiger partial charge in [-0.2, -0.15) is 5.10 Å². The molecule has 1 fully saturated rings. The van der Waals surface area contributed by atoms with Gasteiger partial charge in [-0.25, -0.2) is 8.42 Å². The average Bonchev–Trinajstić information content (AvgIpc) is 2.62. The van der Waals surface area contributed by atoms with E-state index in [0.29, 0.717) is 12.1 Å². The lowest BCUT2D eigenvalue weighted by Crippen LogP contribution is -2.34. The molecule has 1 aromatic rings. The summed E-state index contributed by atoms with van der Waals surface area (Å²) >= 11 is 0. The maximum atomic E-state index is 11.5. The molecule has 0 bridgehead atoms. The lowest BCUT2D eigenvalue weighted by molar-refractivity contribution is -0.118. The van der Waals surface area contributed by atoms with E-state index in [1.807, 2.05) is 0 Å². The molecule has 1 aliphatic heterocycles. The highest BCUT2D eigenvalue weighted by molar-refractivity contribution is 7.91. The Labute approximate surface area is 105 Å². The monoisotopic (exact) mass is 272 g/mol. The van der Waals surface area contributed by atoms with Gasteiger partial charge in [-0.1, -0.05) is 0 Å². The zero-order chi connectivity index (χ0) is 13.2. The SMILES string of the molecule is NC(=O)Cn1cc(NC2CCCS(=O)(=O)C2)cn1. The first kappa shape index (κ1) is 12.9. The van der Waals surface area contributed by atoms with Crippen LogP contribution in [0.2, 0.25) is 0 Å². The van der Waals surface area contributed by atoms with Crippen molar-refractivity contribution < 1.29 is 13.2 Å². The Morgan fingerprint density at radius 2 is 2.39 bits per heavy atom. The molecule has 0 saturated carbocycles. The number of sulfone groups is 1. The van der Waals surface area contributed by atoms with Crippen molar-refractivity contribution >= 4 is 21.4 Å². The normalized spacial score (nSPS) is 22.6. The summed E-state index contributed by atoms with van der Waals surface area (Å²) in [4.78, 5) is 10.7. The third kappa shape index (κ3) is 3.46. The number of primary amides is 1. The third-order valence-electron chi connectivity index (χ3n) is 2.78. The van der Waals surface area contributed by atoms with Crippen molar-refractivity contribution in [3.8, 4) is 0 Å². The van der Waals surface area contributed by atoms with Crippen molar-refractivity contribution in [3.05, 3.63) is 12.4 Å². The first-order valence-electron chi connectivity index (χ1n) is 5.72. The Kier molecular flexibility index (Phi) is 3.55. The summed E-state index contributed by atoms with van der Waals surface area (Å²) < 4.78 is 24.4. The van der Waals surface area contributed by atoms with Gasteiger partial charge in [0, 0.05) is 12.2 Å². The van der Waals surface area contributed by atoms with E-state index in [4.69, 9.17) is 5.73 Å². The molecule has 3 N–H and O–H groups in total. The van der Waals surface area contributed by atoms with Gasteiger partial charge in [-0.3, -0.25) is 9.48 Å². The number of aromatic nitrogens is 2. The van der Waals surface area contributed by atoms with Crippen molar-refractivity contribution in [2.45, 2.75) is 25.4 Å². The zero-order valence-electron chi connectivity index (χ0n) is 9.87. The molecule has 0 radical (unpaired) electrons. The largest absolute Gasteiger partial charge is 0.379 e. The molecule has 0 spiro atoms. The average molecular weight is 272 g/mol. The van der Waals surface area contributed by atoms with E-state index in [1.165, 1.54) is 4.68 Å².